The molecule has 1 spiro atoms. The lowest BCUT2D eigenvalue weighted by Crippen LogP contribution is -2.46. The summed E-state index contributed by atoms with van der Waals surface area (Å²) in [5.74, 6) is -1.30. The van der Waals surface area contributed by atoms with E-state index in [9.17, 15) is 19.2 Å². The predicted molar refractivity (Wildman–Crippen MR) is 92.0 cm³/mol. The Morgan fingerprint density at radius 2 is 1.92 bits per heavy atom. The SMILES string of the molecule is CC[C@H]1CCCCN1C(=O)COC(=O)CN1C(=O)NC2(CCCC2)C1=O. The van der Waals surface area contributed by atoms with Gasteiger partial charge in [-0.2, -0.15) is 0 Å². The molecule has 3 aliphatic rings. The van der Waals surface area contributed by atoms with Crippen molar-refractivity contribution in [1.29, 1.82) is 0 Å². The topological polar surface area (TPSA) is 96.0 Å². The van der Waals surface area contributed by atoms with Gasteiger partial charge in [-0.1, -0.05) is 19.8 Å². The van der Waals surface area contributed by atoms with Crippen LogP contribution in [-0.2, 0) is 19.1 Å². The van der Waals surface area contributed by atoms with Crippen molar-refractivity contribution >= 4 is 23.8 Å². The Morgan fingerprint density at radius 1 is 1.19 bits per heavy atom. The van der Waals surface area contributed by atoms with Gasteiger partial charge in [-0.05, 0) is 38.5 Å². The third kappa shape index (κ3) is 3.54. The molecule has 8 heteroatoms. The van der Waals surface area contributed by atoms with Crippen LogP contribution in [0.4, 0.5) is 4.79 Å². The Kier molecular flexibility index (Phi) is 5.48. The Bertz CT molecular complexity index is 600. The van der Waals surface area contributed by atoms with E-state index < -0.39 is 24.1 Å². The van der Waals surface area contributed by atoms with Crippen molar-refractivity contribution < 1.29 is 23.9 Å². The molecule has 0 aromatic heterocycles. The number of rotatable bonds is 5. The molecule has 1 aliphatic carbocycles. The predicted octanol–water partition coefficient (Wildman–Crippen LogP) is 1.19. The lowest BCUT2D eigenvalue weighted by Gasteiger charge is -2.35. The minimum atomic E-state index is -0.838. The first kappa shape index (κ1) is 18.7. The van der Waals surface area contributed by atoms with Gasteiger partial charge >= 0.3 is 12.0 Å². The second-order valence-corrected chi connectivity index (χ2v) is 7.42. The highest BCUT2D eigenvalue weighted by atomic mass is 16.5. The number of carbonyl (C=O) groups excluding carboxylic acids is 4. The van der Waals surface area contributed by atoms with E-state index >= 15 is 0 Å². The zero-order valence-electron chi connectivity index (χ0n) is 15.3. The number of piperidine rings is 1. The van der Waals surface area contributed by atoms with Gasteiger partial charge in [-0.15, -0.1) is 0 Å². The van der Waals surface area contributed by atoms with Gasteiger partial charge < -0.3 is 15.0 Å². The molecule has 8 nitrogen and oxygen atoms in total. The fraction of sp³-hybridized carbons (Fsp3) is 0.778. The van der Waals surface area contributed by atoms with Crippen molar-refractivity contribution in [1.82, 2.24) is 15.1 Å². The minimum Gasteiger partial charge on any atom is -0.454 e. The van der Waals surface area contributed by atoms with Gasteiger partial charge in [-0.25, -0.2) is 4.79 Å². The van der Waals surface area contributed by atoms with Crippen molar-refractivity contribution in [2.75, 3.05) is 19.7 Å². The van der Waals surface area contributed by atoms with Crippen LogP contribution in [0.15, 0.2) is 0 Å². The second kappa shape index (κ2) is 7.63. The smallest absolute Gasteiger partial charge is 0.326 e. The van der Waals surface area contributed by atoms with Gasteiger partial charge in [-0.3, -0.25) is 19.3 Å². The van der Waals surface area contributed by atoms with Gasteiger partial charge in [0, 0.05) is 12.6 Å². The van der Waals surface area contributed by atoms with Crippen LogP contribution < -0.4 is 5.32 Å². The minimum absolute atomic E-state index is 0.197. The number of esters is 1. The summed E-state index contributed by atoms with van der Waals surface area (Å²) < 4.78 is 5.06. The van der Waals surface area contributed by atoms with Crippen LogP contribution in [0.5, 0.6) is 0 Å². The molecular formula is C18H27N3O5. The van der Waals surface area contributed by atoms with Crippen molar-refractivity contribution in [3.63, 3.8) is 0 Å². The largest absolute Gasteiger partial charge is 0.454 e. The number of imide groups is 1. The first-order chi connectivity index (χ1) is 12.5. The van der Waals surface area contributed by atoms with Crippen molar-refractivity contribution in [3.8, 4) is 0 Å². The summed E-state index contributed by atoms with van der Waals surface area (Å²) >= 11 is 0. The van der Waals surface area contributed by atoms with Gasteiger partial charge in [0.05, 0.1) is 0 Å². The Labute approximate surface area is 153 Å². The summed E-state index contributed by atoms with van der Waals surface area (Å²) in [7, 11) is 0. The number of nitrogens with zero attached hydrogens (tertiary/aromatic N) is 2. The average molecular weight is 365 g/mol. The molecule has 1 saturated carbocycles. The molecule has 0 aromatic rings. The van der Waals surface area contributed by atoms with E-state index in [-0.39, 0.29) is 24.5 Å². The molecule has 2 saturated heterocycles. The molecule has 2 aliphatic heterocycles. The summed E-state index contributed by atoms with van der Waals surface area (Å²) in [5.41, 5.74) is -0.838. The van der Waals surface area contributed by atoms with Gasteiger partial charge in [0.15, 0.2) is 6.61 Å². The highest BCUT2D eigenvalue weighted by Gasteiger charge is 2.52. The van der Waals surface area contributed by atoms with E-state index in [0.29, 0.717) is 19.4 Å². The molecule has 1 N–H and O–H groups in total. The molecule has 0 bridgehead atoms. The molecule has 3 rings (SSSR count). The number of amides is 4. The summed E-state index contributed by atoms with van der Waals surface area (Å²) in [6, 6.07) is -0.356. The molecule has 0 aromatic carbocycles. The molecule has 0 radical (unpaired) electrons. The number of ether oxygens (including phenoxy) is 1. The fourth-order valence-electron chi connectivity index (χ4n) is 4.29. The van der Waals surface area contributed by atoms with Crippen LogP contribution >= 0.6 is 0 Å². The van der Waals surface area contributed by atoms with Gasteiger partial charge in [0.25, 0.3) is 11.8 Å². The normalized spacial score (nSPS) is 24.9. The number of likely N-dealkylation sites (tertiary alicyclic amines) is 1. The van der Waals surface area contributed by atoms with E-state index in [0.717, 1.165) is 43.4 Å². The van der Waals surface area contributed by atoms with E-state index in [1.165, 1.54) is 0 Å². The first-order valence-electron chi connectivity index (χ1n) is 9.56. The van der Waals surface area contributed by atoms with Crippen LogP contribution in [0, 0.1) is 0 Å². The van der Waals surface area contributed by atoms with E-state index in [4.69, 9.17) is 4.74 Å². The summed E-state index contributed by atoms with van der Waals surface area (Å²) in [4.78, 5) is 51.6. The van der Waals surface area contributed by atoms with Crippen LogP contribution in [0.1, 0.15) is 58.3 Å². The third-order valence-electron chi connectivity index (χ3n) is 5.77. The molecule has 26 heavy (non-hydrogen) atoms. The van der Waals surface area contributed by atoms with Crippen LogP contribution in [0.3, 0.4) is 0 Å². The van der Waals surface area contributed by atoms with E-state index in [2.05, 4.69) is 5.32 Å². The highest BCUT2D eigenvalue weighted by Crippen LogP contribution is 2.34. The van der Waals surface area contributed by atoms with Crippen LogP contribution in [0.25, 0.3) is 0 Å². The Hall–Kier alpha value is -2.12. The van der Waals surface area contributed by atoms with Crippen molar-refractivity contribution in [2.45, 2.75) is 69.9 Å². The maximum absolute atomic E-state index is 12.5. The lowest BCUT2D eigenvalue weighted by atomic mass is 9.98. The quantitative estimate of drug-likeness (QED) is 0.583. The third-order valence-corrected chi connectivity index (χ3v) is 5.77. The Balaban J connectivity index is 1.50. The average Bonchev–Trinajstić information content (AvgIpc) is 3.20. The molecule has 3 fully saturated rings. The molecule has 144 valence electrons. The monoisotopic (exact) mass is 365 g/mol. The number of urea groups is 1. The zero-order chi connectivity index (χ0) is 18.7. The van der Waals surface area contributed by atoms with E-state index in [1.54, 1.807) is 4.90 Å². The number of nitrogens with one attached hydrogen (secondary N) is 1. The summed E-state index contributed by atoms with van der Waals surface area (Å²) in [5, 5.41) is 2.72. The fourth-order valence-corrected chi connectivity index (χ4v) is 4.29. The standard InChI is InChI=1S/C18H27N3O5/c1-2-13-7-3-6-10-20(13)14(22)12-26-15(23)11-21-16(24)18(19-17(21)25)8-4-5-9-18/h13H,2-12H2,1H3,(H,19,25)/t13-/m0/s1. The first-order valence-corrected chi connectivity index (χ1v) is 9.56. The maximum atomic E-state index is 12.5. The maximum Gasteiger partial charge on any atom is 0.326 e. The molecule has 4 amide bonds. The lowest BCUT2D eigenvalue weighted by molar-refractivity contribution is -0.155. The number of hydrogen-bond donors (Lipinski definition) is 1. The van der Waals surface area contributed by atoms with Gasteiger partial charge in [0.2, 0.25) is 0 Å². The number of carbonyl (C=O) groups is 4. The second-order valence-electron chi connectivity index (χ2n) is 7.42. The van der Waals surface area contributed by atoms with Gasteiger partial charge in [0.1, 0.15) is 12.1 Å². The molecule has 0 unspecified atom stereocenters. The molecule has 1 atom stereocenters. The van der Waals surface area contributed by atoms with Crippen molar-refractivity contribution in [3.05, 3.63) is 0 Å². The summed E-state index contributed by atoms with van der Waals surface area (Å²) in [6.07, 6.45) is 6.89. The number of hydrogen-bond acceptors (Lipinski definition) is 5. The van der Waals surface area contributed by atoms with Crippen molar-refractivity contribution in [2.24, 2.45) is 0 Å². The Morgan fingerprint density at radius 3 is 2.62 bits per heavy atom. The highest BCUT2D eigenvalue weighted by molar-refractivity contribution is 6.08. The van der Waals surface area contributed by atoms with Crippen LogP contribution in [0.2, 0.25) is 0 Å². The zero-order valence-corrected chi connectivity index (χ0v) is 15.3. The molecular weight excluding hydrogens is 338 g/mol. The molecule has 2 heterocycles. The van der Waals surface area contributed by atoms with Crippen LogP contribution in [-0.4, -0.2) is 64.9 Å². The summed E-state index contributed by atoms with van der Waals surface area (Å²) in [6.45, 7) is 1.93. The van der Waals surface area contributed by atoms with E-state index in [1.807, 2.05) is 6.92 Å².